The first-order valence-electron chi connectivity index (χ1n) is 6.91. The molecule has 0 radical (unpaired) electrons. The highest BCUT2D eigenvalue weighted by Crippen LogP contribution is 2.40. The molecule has 1 aliphatic rings. The van der Waals surface area contributed by atoms with E-state index in [0.717, 1.165) is 15.6 Å². The molecule has 0 bridgehead atoms. The van der Waals surface area contributed by atoms with E-state index in [1.807, 2.05) is 32.3 Å². The molecule has 1 aliphatic carbocycles. The lowest BCUT2D eigenvalue weighted by atomic mass is 10.1. The van der Waals surface area contributed by atoms with Gasteiger partial charge in [0.05, 0.1) is 11.2 Å². The van der Waals surface area contributed by atoms with E-state index in [4.69, 9.17) is 0 Å². The third-order valence-corrected chi connectivity index (χ3v) is 5.33. The van der Waals surface area contributed by atoms with Gasteiger partial charge in [0.25, 0.3) is 0 Å². The largest absolute Gasteiger partial charge is 0.326 e. The molecule has 1 saturated carbocycles. The third-order valence-electron chi connectivity index (χ3n) is 3.32. The van der Waals surface area contributed by atoms with E-state index in [0.29, 0.717) is 11.0 Å². The molecule has 7 heteroatoms. The van der Waals surface area contributed by atoms with Gasteiger partial charge in [-0.2, -0.15) is 0 Å². The molecule has 0 spiro atoms. The van der Waals surface area contributed by atoms with E-state index in [1.54, 1.807) is 11.3 Å². The number of nitrogens with zero attached hydrogens (tertiary/aromatic N) is 2. The first-order chi connectivity index (χ1) is 9.94. The van der Waals surface area contributed by atoms with Crippen LogP contribution in [0.5, 0.6) is 0 Å². The van der Waals surface area contributed by atoms with Crippen LogP contribution in [0.1, 0.15) is 48.2 Å². The fourth-order valence-electron chi connectivity index (χ4n) is 2.02. The van der Waals surface area contributed by atoms with E-state index < -0.39 is 5.54 Å². The van der Waals surface area contributed by atoms with Crippen molar-refractivity contribution in [2.75, 3.05) is 5.32 Å². The Hall–Kier alpha value is -1.47. The van der Waals surface area contributed by atoms with Crippen molar-refractivity contribution in [3.63, 3.8) is 0 Å². The molecule has 112 valence electrons. The second-order valence-electron chi connectivity index (χ2n) is 5.83. The summed E-state index contributed by atoms with van der Waals surface area (Å²) in [4.78, 5) is 22.1. The quantitative estimate of drug-likeness (QED) is 0.898. The summed E-state index contributed by atoms with van der Waals surface area (Å²) in [6.07, 6.45) is 4.25. The number of amides is 2. The number of urea groups is 1. The lowest BCUT2D eigenvalue weighted by molar-refractivity contribution is 0.242. The molecular formula is C14H18N4OS2. The maximum atomic E-state index is 12.1. The standard InChI is InChI=1S/C14H18N4OS2/c1-8-6-15-11(21-8)14(2,3)18-12(19)17-13-16-10(7-20-13)9-4-5-9/h6-7,9H,4-5H2,1-3H3,(H2,16,17,18,19). The van der Waals surface area contributed by atoms with Crippen molar-refractivity contribution in [2.24, 2.45) is 0 Å². The van der Waals surface area contributed by atoms with Crippen molar-refractivity contribution in [2.45, 2.75) is 45.1 Å². The van der Waals surface area contributed by atoms with Crippen LogP contribution in [0.2, 0.25) is 0 Å². The zero-order valence-electron chi connectivity index (χ0n) is 12.3. The summed E-state index contributed by atoms with van der Waals surface area (Å²) in [5.41, 5.74) is 0.602. The Bertz CT molecular complexity index is 657. The van der Waals surface area contributed by atoms with Crippen LogP contribution in [0.25, 0.3) is 0 Å². The minimum Gasteiger partial charge on any atom is -0.326 e. The molecule has 0 aromatic carbocycles. The molecule has 2 N–H and O–H groups in total. The van der Waals surface area contributed by atoms with Gasteiger partial charge in [-0.1, -0.05) is 0 Å². The maximum absolute atomic E-state index is 12.1. The number of thiazole rings is 2. The van der Waals surface area contributed by atoms with Crippen molar-refractivity contribution < 1.29 is 4.79 Å². The zero-order valence-corrected chi connectivity index (χ0v) is 13.9. The SMILES string of the molecule is Cc1cnc(C(C)(C)NC(=O)Nc2nc(C3CC3)cs2)s1. The highest BCUT2D eigenvalue weighted by molar-refractivity contribution is 7.14. The van der Waals surface area contributed by atoms with Crippen molar-refractivity contribution in [3.05, 3.63) is 27.2 Å². The van der Waals surface area contributed by atoms with Gasteiger partial charge < -0.3 is 5.32 Å². The molecule has 1 fully saturated rings. The van der Waals surface area contributed by atoms with Crippen molar-refractivity contribution in [1.82, 2.24) is 15.3 Å². The molecule has 3 rings (SSSR count). The Morgan fingerprint density at radius 2 is 2.19 bits per heavy atom. The number of carbonyl (C=O) groups is 1. The summed E-state index contributed by atoms with van der Waals surface area (Å²) in [5, 5.41) is 9.34. The molecule has 0 saturated heterocycles. The number of carbonyl (C=O) groups excluding carboxylic acids is 1. The van der Waals surface area contributed by atoms with Crippen LogP contribution in [0.15, 0.2) is 11.6 Å². The molecule has 2 aromatic heterocycles. The fourth-order valence-corrected chi connectivity index (χ4v) is 3.63. The first-order valence-corrected chi connectivity index (χ1v) is 8.61. The van der Waals surface area contributed by atoms with Crippen LogP contribution in [-0.4, -0.2) is 16.0 Å². The summed E-state index contributed by atoms with van der Waals surface area (Å²) in [6, 6.07) is -0.246. The van der Waals surface area contributed by atoms with Crippen LogP contribution in [-0.2, 0) is 5.54 Å². The van der Waals surface area contributed by atoms with Gasteiger partial charge in [-0.05, 0) is 33.6 Å². The minimum absolute atomic E-state index is 0.246. The predicted octanol–water partition coefficient (Wildman–Crippen LogP) is 3.84. The number of hydrogen-bond acceptors (Lipinski definition) is 5. The lowest BCUT2D eigenvalue weighted by Gasteiger charge is -2.23. The second-order valence-corrected chi connectivity index (χ2v) is 7.92. The average Bonchev–Trinajstić information content (AvgIpc) is 2.98. The zero-order chi connectivity index (χ0) is 15.0. The molecule has 2 heterocycles. The van der Waals surface area contributed by atoms with Gasteiger partial charge in [0.2, 0.25) is 0 Å². The summed E-state index contributed by atoms with van der Waals surface area (Å²) in [5.74, 6) is 0.606. The molecule has 0 unspecified atom stereocenters. The van der Waals surface area contributed by atoms with Crippen LogP contribution < -0.4 is 10.6 Å². The monoisotopic (exact) mass is 322 g/mol. The van der Waals surface area contributed by atoms with Gasteiger partial charge in [-0.3, -0.25) is 5.32 Å². The van der Waals surface area contributed by atoms with Crippen molar-refractivity contribution in [1.29, 1.82) is 0 Å². The number of nitrogens with one attached hydrogen (secondary N) is 2. The van der Waals surface area contributed by atoms with Crippen LogP contribution in [0.3, 0.4) is 0 Å². The van der Waals surface area contributed by atoms with E-state index in [1.165, 1.54) is 24.2 Å². The summed E-state index contributed by atoms with van der Waals surface area (Å²) >= 11 is 3.07. The average molecular weight is 322 g/mol. The summed E-state index contributed by atoms with van der Waals surface area (Å²) < 4.78 is 0. The van der Waals surface area contributed by atoms with Gasteiger partial charge in [0.15, 0.2) is 5.13 Å². The lowest BCUT2D eigenvalue weighted by Crippen LogP contribution is -2.43. The van der Waals surface area contributed by atoms with Crippen molar-refractivity contribution in [3.8, 4) is 0 Å². The number of rotatable bonds is 4. The molecule has 21 heavy (non-hydrogen) atoms. The van der Waals surface area contributed by atoms with E-state index >= 15 is 0 Å². The summed E-state index contributed by atoms with van der Waals surface area (Å²) in [6.45, 7) is 5.90. The molecule has 2 aromatic rings. The Morgan fingerprint density at radius 1 is 1.43 bits per heavy atom. The molecular weight excluding hydrogens is 304 g/mol. The molecule has 5 nitrogen and oxygen atoms in total. The Balaban J connectivity index is 1.62. The van der Waals surface area contributed by atoms with Gasteiger partial charge in [0, 0.05) is 22.4 Å². The van der Waals surface area contributed by atoms with Crippen molar-refractivity contribution >= 4 is 33.8 Å². The first kappa shape index (κ1) is 14.5. The van der Waals surface area contributed by atoms with Gasteiger partial charge in [-0.25, -0.2) is 14.8 Å². The maximum Gasteiger partial charge on any atom is 0.321 e. The van der Waals surface area contributed by atoms with E-state index in [-0.39, 0.29) is 6.03 Å². The Labute approximate surface area is 131 Å². The Kier molecular flexibility index (Phi) is 3.71. The number of aryl methyl sites for hydroxylation is 1. The minimum atomic E-state index is -0.500. The molecule has 0 aliphatic heterocycles. The van der Waals surface area contributed by atoms with Crippen LogP contribution >= 0.6 is 22.7 Å². The van der Waals surface area contributed by atoms with Crippen LogP contribution in [0.4, 0.5) is 9.93 Å². The molecule has 2 amide bonds. The highest BCUT2D eigenvalue weighted by Gasteiger charge is 2.28. The normalized spacial score (nSPS) is 15.0. The Morgan fingerprint density at radius 3 is 2.81 bits per heavy atom. The van der Waals surface area contributed by atoms with Crippen LogP contribution in [0, 0.1) is 6.92 Å². The van der Waals surface area contributed by atoms with Gasteiger partial charge in [0.1, 0.15) is 5.01 Å². The van der Waals surface area contributed by atoms with Gasteiger partial charge >= 0.3 is 6.03 Å². The second kappa shape index (κ2) is 5.38. The molecule has 0 atom stereocenters. The predicted molar refractivity (Wildman–Crippen MR) is 86.1 cm³/mol. The fraction of sp³-hybridized carbons (Fsp3) is 0.500. The summed E-state index contributed by atoms with van der Waals surface area (Å²) in [7, 11) is 0. The van der Waals surface area contributed by atoms with Gasteiger partial charge in [-0.15, -0.1) is 22.7 Å². The number of anilines is 1. The topological polar surface area (TPSA) is 66.9 Å². The highest BCUT2D eigenvalue weighted by atomic mass is 32.1. The smallest absolute Gasteiger partial charge is 0.321 e. The van der Waals surface area contributed by atoms with E-state index in [2.05, 4.69) is 20.6 Å². The number of aromatic nitrogens is 2. The number of hydrogen-bond donors (Lipinski definition) is 2. The van der Waals surface area contributed by atoms with E-state index in [9.17, 15) is 4.79 Å². The third kappa shape index (κ3) is 3.41.